The van der Waals surface area contributed by atoms with E-state index in [9.17, 15) is 8.42 Å². The molecule has 0 atom stereocenters. The Labute approximate surface area is 98.3 Å². The molecular formula is C10H20ClNO2S. The maximum atomic E-state index is 11.3. The Morgan fingerprint density at radius 2 is 1.33 bits per heavy atom. The highest BCUT2D eigenvalue weighted by atomic mass is 35.5. The second-order valence-electron chi connectivity index (χ2n) is 4.58. The van der Waals surface area contributed by atoms with Crippen molar-refractivity contribution < 1.29 is 8.42 Å². The van der Waals surface area contributed by atoms with Gasteiger partial charge in [-0.15, -0.1) is 12.4 Å². The summed E-state index contributed by atoms with van der Waals surface area (Å²) < 4.78 is 22.5. The van der Waals surface area contributed by atoms with Crippen molar-refractivity contribution in [2.45, 2.75) is 25.7 Å². The molecule has 2 aliphatic heterocycles. The van der Waals surface area contributed by atoms with Gasteiger partial charge in [0.1, 0.15) is 9.84 Å². The van der Waals surface area contributed by atoms with E-state index in [0.717, 1.165) is 31.8 Å². The normalized spacial score (nSPS) is 28.3. The number of piperidine rings is 1. The molecule has 2 fully saturated rings. The third-order valence-corrected chi connectivity index (χ3v) is 5.37. The van der Waals surface area contributed by atoms with Crippen molar-refractivity contribution >= 4 is 22.2 Å². The second-order valence-corrected chi connectivity index (χ2v) is 6.88. The fourth-order valence-electron chi connectivity index (χ4n) is 2.70. The lowest BCUT2D eigenvalue weighted by molar-refractivity contribution is 0.243. The van der Waals surface area contributed by atoms with Crippen LogP contribution in [0.4, 0.5) is 0 Å². The Bertz CT molecular complexity index is 272. The van der Waals surface area contributed by atoms with Gasteiger partial charge < -0.3 is 5.32 Å². The molecule has 0 radical (unpaired) electrons. The van der Waals surface area contributed by atoms with Gasteiger partial charge in [-0.2, -0.15) is 0 Å². The van der Waals surface area contributed by atoms with E-state index in [1.165, 1.54) is 12.8 Å². The Morgan fingerprint density at radius 1 is 0.867 bits per heavy atom. The molecule has 3 nitrogen and oxygen atoms in total. The summed E-state index contributed by atoms with van der Waals surface area (Å²) in [5.41, 5.74) is 0. The summed E-state index contributed by atoms with van der Waals surface area (Å²) in [5.74, 6) is 2.33. The highest BCUT2D eigenvalue weighted by molar-refractivity contribution is 7.91. The zero-order valence-corrected chi connectivity index (χ0v) is 10.6. The first-order valence-electron chi connectivity index (χ1n) is 5.58. The molecule has 2 rings (SSSR count). The molecule has 0 unspecified atom stereocenters. The van der Waals surface area contributed by atoms with E-state index in [1.807, 2.05) is 0 Å². The summed E-state index contributed by atoms with van der Waals surface area (Å²) in [4.78, 5) is 0. The molecule has 0 amide bonds. The summed E-state index contributed by atoms with van der Waals surface area (Å²) in [5, 5.41) is 3.35. The third kappa shape index (κ3) is 3.61. The number of rotatable bonds is 1. The summed E-state index contributed by atoms with van der Waals surface area (Å²) >= 11 is 0. The number of halogens is 1. The predicted octanol–water partition coefficient (Wildman–Crippen LogP) is 1.23. The molecule has 0 saturated carbocycles. The van der Waals surface area contributed by atoms with E-state index < -0.39 is 9.84 Å². The number of hydrogen-bond acceptors (Lipinski definition) is 3. The third-order valence-electron chi connectivity index (χ3n) is 3.65. The van der Waals surface area contributed by atoms with Gasteiger partial charge in [0.2, 0.25) is 0 Å². The van der Waals surface area contributed by atoms with E-state index >= 15 is 0 Å². The summed E-state index contributed by atoms with van der Waals surface area (Å²) in [7, 11) is -2.67. The van der Waals surface area contributed by atoms with Crippen LogP contribution >= 0.6 is 12.4 Å². The zero-order valence-electron chi connectivity index (χ0n) is 8.94. The van der Waals surface area contributed by atoms with Crippen LogP contribution in [0.3, 0.4) is 0 Å². The van der Waals surface area contributed by atoms with Gasteiger partial charge in [0, 0.05) is 0 Å². The van der Waals surface area contributed by atoms with Crippen LogP contribution in [-0.4, -0.2) is 33.0 Å². The van der Waals surface area contributed by atoms with E-state index in [4.69, 9.17) is 0 Å². The Morgan fingerprint density at radius 3 is 1.87 bits per heavy atom. The lowest BCUT2D eigenvalue weighted by Crippen LogP contribution is -2.35. The lowest BCUT2D eigenvalue weighted by atomic mass is 9.81. The van der Waals surface area contributed by atoms with Gasteiger partial charge in [-0.3, -0.25) is 0 Å². The standard InChI is InChI=1S/C10H19NO2S.ClH/c12-14(13)7-3-10(4-8-14)9-1-5-11-6-2-9;/h9-11H,1-8H2;1H. The second kappa shape index (κ2) is 5.51. The molecule has 0 aromatic rings. The smallest absolute Gasteiger partial charge is 0.150 e. The Kier molecular flexibility index (Phi) is 4.87. The van der Waals surface area contributed by atoms with Gasteiger partial charge in [0.15, 0.2) is 0 Å². The van der Waals surface area contributed by atoms with Crippen LogP contribution in [0.2, 0.25) is 0 Å². The lowest BCUT2D eigenvalue weighted by Gasteiger charge is -2.33. The molecule has 2 heterocycles. The Hall–Kier alpha value is 0.200. The topological polar surface area (TPSA) is 46.2 Å². The quantitative estimate of drug-likeness (QED) is 0.765. The first kappa shape index (κ1) is 13.3. The molecule has 0 aromatic carbocycles. The van der Waals surface area contributed by atoms with Gasteiger partial charge in [-0.25, -0.2) is 8.42 Å². The van der Waals surface area contributed by atoms with E-state index in [-0.39, 0.29) is 12.4 Å². The van der Waals surface area contributed by atoms with E-state index in [2.05, 4.69) is 5.32 Å². The molecule has 15 heavy (non-hydrogen) atoms. The molecule has 0 bridgehead atoms. The van der Waals surface area contributed by atoms with Crippen molar-refractivity contribution in [2.24, 2.45) is 11.8 Å². The molecule has 2 saturated heterocycles. The van der Waals surface area contributed by atoms with Crippen molar-refractivity contribution in [3.05, 3.63) is 0 Å². The monoisotopic (exact) mass is 253 g/mol. The fourth-order valence-corrected chi connectivity index (χ4v) is 4.22. The molecule has 2 aliphatic rings. The van der Waals surface area contributed by atoms with Crippen LogP contribution in [0.5, 0.6) is 0 Å². The fraction of sp³-hybridized carbons (Fsp3) is 1.00. The minimum absolute atomic E-state index is 0. The average Bonchev–Trinajstić information content (AvgIpc) is 2.19. The van der Waals surface area contributed by atoms with Gasteiger partial charge in [0.05, 0.1) is 11.5 Å². The van der Waals surface area contributed by atoms with Gasteiger partial charge in [-0.1, -0.05) is 0 Å². The average molecular weight is 254 g/mol. The summed E-state index contributed by atoms with van der Waals surface area (Å²) in [6.07, 6.45) is 4.30. The van der Waals surface area contributed by atoms with Gasteiger partial charge in [0.25, 0.3) is 0 Å². The van der Waals surface area contributed by atoms with Crippen molar-refractivity contribution in [2.75, 3.05) is 24.6 Å². The molecule has 90 valence electrons. The van der Waals surface area contributed by atoms with Crippen LogP contribution in [0.1, 0.15) is 25.7 Å². The van der Waals surface area contributed by atoms with E-state index in [1.54, 1.807) is 0 Å². The maximum absolute atomic E-state index is 11.3. The molecular weight excluding hydrogens is 234 g/mol. The van der Waals surface area contributed by atoms with Crippen LogP contribution in [0, 0.1) is 11.8 Å². The maximum Gasteiger partial charge on any atom is 0.150 e. The first-order chi connectivity index (χ1) is 6.67. The van der Waals surface area contributed by atoms with Crippen LogP contribution in [0.15, 0.2) is 0 Å². The van der Waals surface area contributed by atoms with Gasteiger partial charge >= 0.3 is 0 Å². The summed E-state index contributed by atoms with van der Waals surface area (Å²) in [6, 6.07) is 0. The minimum atomic E-state index is -2.67. The van der Waals surface area contributed by atoms with Crippen molar-refractivity contribution in [3.63, 3.8) is 0 Å². The predicted molar refractivity (Wildman–Crippen MR) is 64.2 cm³/mol. The molecule has 1 N–H and O–H groups in total. The molecule has 5 heteroatoms. The van der Waals surface area contributed by atoms with Crippen molar-refractivity contribution in [1.29, 1.82) is 0 Å². The van der Waals surface area contributed by atoms with Crippen LogP contribution < -0.4 is 5.32 Å². The van der Waals surface area contributed by atoms with Crippen molar-refractivity contribution in [1.82, 2.24) is 5.32 Å². The van der Waals surface area contributed by atoms with E-state index in [0.29, 0.717) is 17.4 Å². The van der Waals surface area contributed by atoms with Crippen LogP contribution in [0.25, 0.3) is 0 Å². The minimum Gasteiger partial charge on any atom is -0.317 e. The SMILES string of the molecule is Cl.O=S1(=O)CCC(C2CCNCC2)CC1. The largest absolute Gasteiger partial charge is 0.317 e. The highest BCUT2D eigenvalue weighted by Crippen LogP contribution is 2.31. The number of hydrogen-bond donors (Lipinski definition) is 1. The summed E-state index contributed by atoms with van der Waals surface area (Å²) in [6.45, 7) is 2.24. The number of nitrogens with one attached hydrogen (secondary N) is 1. The number of sulfone groups is 1. The Balaban J connectivity index is 0.00000112. The zero-order chi connectivity index (χ0) is 10.0. The molecule has 0 aromatic heterocycles. The molecule has 0 aliphatic carbocycles. The highest BCUT2D eigenvalue weighted by Gasteiger charge is 2.29. The van der Waals surface area contributed by atoms with Crippen LogP contribution in [-0.2, 0) is 9.84 Å². The molecule has 0 spiro atoms. The first-order valence-corrected chi connectivity index (χ1v) is 7.41. The van der Waals surface area contributed by atoms with Gasteiger partial charge in [-0.05, 0) is 50.6 Å². The van der Waals surface area contributed by atoms with Crippen molar-refractivity contribution in [3.8, 4) is 0 Å².